The number of carbonyl (C=O) groups is 2. The van der Waals surface area contributed by atoms with Gasteiger partial charge in [0.25, 0.3) is 5.91 Å². The van der Waals surface area contributed by atoms with Gasteiger partial charge in [-0.2, -0.15) is 8.78 Å². The van der Waals surface area contributed by atoms with Gasteiger partial charge in [-0.1, -0.05) is 0 Å². The molecule has 154 valence electrons. The number of nitrogens with one attached hydrogen (secondary N) is 1. The van der Waals surface area contributed by atoms with E-state index in [-0.39, 0.29) is 5.75 Å². The van der Waals surface area contributed by atoms with E-state index in [0.717, 1.165) is 6.08 Å². The highest BCUT2D eigenvalue weighted by Crippen LogP contribution is 2.23. The zero-order valence-electron chi connectivity index (χ0n) is 15.7. The molecule has 0 heterocycles. The molecule has 0 saturated heterocycles. The van der Waals surface area contributed by atoms with E-state index in [1.165, 1.54) is 44.6 Å². The Morgan fingerprint density at radius 2 is 1.62 bits per heavy atom. The maximum Gasteiger partial charge on any atom is 0.387 e. The summed E-state index contributed by atoms with van der Waals surface area (Å²) in [5.41, 5.74) is 0.986. The van der Waals surface area contributed by atoms with Crippen LogP contribution in [0, 0.1) is 0 Å². The van der Waals surface area contributed by atoms with Crippen LogP contribution >= 0.6 is 0 Å². The third kappa shape index (κ3) is 7.49. The summed E-state index contributed by atoms with van der Waals surface area (Å²) < 4.78 is 43.5. The average molecular weight is 407 g/mol. The highest BCUT2D eigenvalue weighted by Gasteiger charge is 2.08. The first-order valence-corrected chi connectivity index (χ1v) is 8.32. The molecular formula is C20H19F2NO6. The molecule has 0 aromatic heterocycles. The highest BCUT2D eigenvalue weighted by atomic mass is 19.3. The fraction of sp³-hybridized carbons (Fsp3) is 0.200. The van der Waals surface area contributed by atoms with Crippen molar-refractivity contribution < 1.29 is 37.3 Å². The van der Waals surface area contributed by atoms with Crippen molar-refractivity contribution in [3.8, 4) is 17.2 Å². The van der Waals surface area contributed by atoms with Gasteiger partial charge < -0.3 is 24.3 Å². The third-order valence-corrected chi connectivity index (χ3v) is 3.49. The normalized spacial score (nSPS) is 10.7. The van der Waals surface area contributed by atoms with Crippen LogP contribution in [-0.4, -0.2) is 39.3 Å². The number of rotatable bonds is 9. The summed E-state index contributed by atoms with van der Waals surface area (Å²) in [6.07, 6.45) is 2.66. The second kappa shape index (κ2) is 10.6. The summed E-state index contributed by atoms with van der Waals surface area (Å²) in [5, 5.41) is 2.47. The Labute approximate surface area is 165 Å². The van der Waals surface area contributed by atoms with Gasteiger partial charge in [-0.3, -0.25) is 4.79 Å². The molecule has 7 nitrogen and oxygen atoms in total. The van der Waals surface area contributed by atoms with Crippen molar-refractivity contribution in [2.24, 2.45) is 0 Å². The number of alkyl halides is 2. The first kappa shape index (κ1) is 21.7. The number of carbonyl (C=O) groups excluding carboxylic acids is 2. The van der Waals surface area contributed by atoms with Crippen molar-refractivity contribution in [2.75, 3.05) is 26.1 Å². The minimum Gasteiger partial charge on any atom is -0.497 e. The SMILES string of the molecule is COc1cc(/C=C/C(=O)OCC(=O)Nc2ccc(OC(F)F)cc2)cc(OC)c1. The molecule has 0 aliphatic rings. The summed E-state index contributed by atoms with van der Waals surface area (Å²) in [4.78, 5) is 23.6. The number of esters is 1. The van der Waals surface area contributed by atoms with Crippen LogP contribution in [0.3, 0.4) is 0 Å². The van der Waals surface area contributed by atoms with E-state index in [1.54, 1.807) is 18.2 Å². The number of amides is 1. The third-order valence-electron chi connectivity index (χ3n) is 3.49. The van der Waals surface area contributed by atoms with E-state index >= 15 is 0 Å². The lowest BCUT2D eigenvalue weighted by molar-refractivity contribution is -0.142. The Bertz CT molecular complexity index is 846. The predicted octanol–water partition coefficient (Wildman–Crippen LogP) is 3.50. The maximum absolute atomic E-state index is 12.1. The lowest BCUT2D eigenvalue weighted by atomic mass is 10.2. The number of hydrogen-bond donors (Lipinski definition) is 1. The van der Waals surface area contributed by atoms with Crippen LogP contribution in [0.5, 0.6) is 17.2 Å². The fourth-order valence-corrected chi connectivity index (χ4v) is 2.19. The number of hydrogen-bond acceptors (Lipinski definition) is 6. The van der Waals surface area contributed by atoms with E-state index in [4.69, 9.17) is 14.2 Å². The smallest absolute Gasteiger partial charge is 0.387 e. The molecular weight excluding hydrogens is 388 g/mol. The number of halogens is 2. The topological polar surface area (TPSA) is 83.1 Å². The molecule has 0 spiro atoms. The maximum atomic E-state index is 12.1. The number of methoxy groups -OCH3 is 2. The number of ether oxygens (including phenoxy) is 4. The van der Waals surface area contributed by atoms with E-state index in [1.807, 2.05) is 0 Å². The second-order valence-corrected chi connectivity index (χ2v) is 5.54. The van der Waals surface area contributed by atoms with Crippen LogP contribution in [0.4, 0.5) is 14.5 Å². The molecule has 0 aliphatic heterocycles. The van der Waals surface area contributed by atoms with Gasteiger partial charge in [-0.25, -0.2) is 4.79 Å². The van der Waals surface area contributed by atoms with Gasteiger partial charge >= 0.3 is 12.6 Å². The zero-order chi connectivity index (χ0) is 21.2. The van der Waals surface area contributed by atoms with Gasteiger partial charge in [0.15, 0.2) is 6.61 Å². The molecule has 1 amide bonds. The number of benzene rings is 2. The lowest BCUT2D eigenvalue weighted by Gasteiger charge is -2.07. The van der Waals surface area contributed by atoms with Crippen molar-refractivity contribution in [1.29, 1.82) is 0 Å². The van der Waals surface area contributed by atoms with Gasteiger partial charge in [-0.15, -0.1) is 0 Å². The molecule has 0 saturated carbocycles. The number of anilines is 1. The fourth-order valence-electron chi connectivity index (χ4n) is 2.19. The molecule has 0 aliphatic carbocycles. The van der Waals surface area contributed by atoms with Gasteiger partial charge in [0.2, 0.25) is 0 Å². The van der Waals surface area contributed by atoms with E-state index in [9.17, 15) is 18.4 Å². The Morgan fingerprint density at radius 1 is 1.00 bits per heavy atom. The van der Waals surface area contributed by atoms with Gasteiger partial charge in [0.1, 0.15) is 17.2 Å². The minimum absolute atomic E-state index is 0.0382. The second-order valence-electron chi connectivity index (χ2n) is 5.54. The van der Waals surface area contributed by atoms with E-state index in [0.29, 0.717) is 22.7 Å². The molecule has 29 heavy (non-hydrogen) atoms. The van der Waals surface area contributed by atoms with Gasteiger partial charge in [0, 0.05) is 17.8 Å². The van der Waals surface area contributed by atoms with E-state index < -0.39 is 25.1 Å². The Kier molecular flexibility index (Phi) is 7.96. The van der Waals surface area contributed by atoms with Crippen LogP contribution in [0.25, 0.3) is 6.08 Å². The summed E-state index contributed by atoms with van der Waals surface area (Å²) in [6.45, 7) is -3.44. The van der Waals surface area contributed by atoms with Gasteiger partial charge in [-0.05, 0) is 48.0 Å². The van der Waals surface area contributed by atoms with Crippen LogP contribution in [-0.2, 0) is 14.3 Å². The summed E-state index contributed by atoms with van der Waals surface area (Å²) in [6, 6.07) is 10.4. The summed E-state index contributed by atoms with van der Waals surface area (Å²) in [7, 11) is 3.02. The van der Waals surface area contributed by atoms with Crippen LogP contribution in [0.1, 0.15) is 5.56 Å². The molecule has 0 unspecified atom stereocenters. The van der Waals surface area contributed by atoms with E-state index in [2.05, 4.69) is 10.1 Å². The largest absolute Gasteiger partial charge is 0.497 e. The molecule has 0 atom stereocenters. The van der Waals surface area contributed by atoms with Crippen molar-refractivity contribution >= 4 is 23.6 Å². The summed E-state index contributed by atoms with van der Waals surface area (Å²) >= 11 is 0. The molecule has 0 radical (unpaired) electrons. The minimum atomic E-state index is -2.93. The molecule has 0 fully saturated rings. The van der Waals surface area contributed by atoms with Crippen molar-refractivity contribution in [1.82, 2.24) is 0 Å². The molecule has 0 bridgehead atoms. The molecule has 9 heteroatoms. The monoisotopic (exact) mass is 407 g/mol. The van der Waals surface area contributed by atoms with Crippen molar-refractivity contribution in [3.05, 3.63) is 54.1 Å². The first-order chi connectivity index (χ1) is 13.9. The quantitative estimate of drug-likeness (QED) is 0.506. The Balaban J connectivity index is 1.84. The van der Waals surface area contributed by atoms with Crippen LogP contribution in [0.2, 0.25) is 0 Å². The van der Waals surface area contributed by atoms with Crippen LogP contribution < -0.4 is 19.5 Å². The Morgan fingerprint density at radius 3 is 2.17 bits per heavy atom. The predicted molar refractivity (Wildman–Crippen MR) is 101 cm³/mol. The zero-order valence-corrected chi connectivity index (χ0v) is 15.7. The first-order valence-electron chi connectivity index (χ1n) is 8.32. The molecule has 2 rings (SSSR count). The molecule has 1 N–H and O–H groups in total. The van der Waals surface area contributed by atoms with Crippen molar-refractivity contribution in [2.45, 2.75) is 6.61 Å². The van der Waals surface area contributed by atoms with Crippen LogP contribution in [0.15, 0.2) is 48.5 Å². The van der Waals surface area contributed by atoms with Gasteiger partial charge in [0.05, 0.1) is 14.2 Å². The lowest BCUT2D eigenvalue weighted by Crippen LogP contribution is -2.20. The highest BCUT2D eigenvalue weighted by molar-refractivity contribution is 5.94. The molecule has 2 aromatic rings. The summed E-state index contributed by atoms with van der Waals surface area (Å²) in [5.74, 6) is -0.230. The Hall–Kier alpha value is -3.62. The average Bonchev–Trinajstić information content (AvgIpc) is 2.71. The van der Waals surface area contributed by atoms with Crippen molar-refractivity contribution in [3.63, 3.8) is 0 Å². The molecule has 2 aromatic carbocycles. The standard InChI is InChI=1S/C20H19F2NO6/c1-26-16-9-13(10-17(11-16)27-2)3-8-19(25)28-12-18(24)23-14-4-6-15(7-5-14)29-20(21)22/h3-11,20H,12H2,1-2H3,(H,23,24)/b8-3+.